The van der Waals surface area contributed by atoms with E-state index in [1.54, 1.807) is 11.3 Å². The van der Waals surface area contributed by atoms with E-state index in [1.165, 1.54) is 4.88 Å². The van der Waals surface area contributed by atoms with Gasteiger partial charge in [-0.25, -0.2) is 0 Å². The lowest BCUT2D eigenvalue weighted by atomic mass is 10.1. The smallest absolute Gasteiger partial charge is 0.263 e. The summed E-state index contributed by atoms with van der Waals surface area (Å²) in [6.45, 7) is 3.71. The molecule has 1 aliphatic rings. The van der Waals surface area contributed by atoms with Crippen LogP contribution in [0.5, 0.6) is 0 Å². The Morgan fingerprint density at radius 2 is 2.19 bits per heavy atom. The summed E-state index contributed by atoms with van der Waals surface area (Å²) in [6, 6.07) is 3.99. The summed E-state index contributed by atoms with van der Waals surface area (Å²) in [4.78, 5) is 16.2. The van der Waals surface area contributed by atoms with Crippen LogP contribution in [0.2, 0.25) is 0 Å². The van der Waals surface area contributed by atoms with Crippen LogP contribution in [0, 0.1) is 0 Å². The van der Waals surface area contributed by atoms with Crippen LogP contribution in [0.1, 0.15) is 34.3 Å². The largest absolute Gasteiger partial charge is 0.338 e. The fraction of sp³-hybridized carbons (Fsp3) is 0.583. The molecule has 0 saturated carbocycles. The number of alkyl halides is 1. The Kier molecular flexibility index (Phi) is 3.87. The molecule has 0 radical (unpaired) electrons. The van der Waals surface area contributed by atoms with Crippen LogP contribution in [0.15, 0.2) is 12.1 Å². The number of piperidine rings is 1. The number of hydrogen-bond donors (Lipinski definition) is 0. The van der Waals surface area contributed by atoms with E-state index in [2.05, 4.69) is 6.92 Å². The molecule has 1 aromatic rings. The quantitative estimate of drug-likeness (QED) is 0.746. The third-order valence-corrected chi connectivity index (χ3v) is 4.59. The highest BCUT2D eigenvalue weighted by Gasteiger charge is 2.23. The third-order valence-electron chi connectivity index (χ3n) is 2.93. The fourth-order valence-electron chi connectivity index (χ4n) is 1.89. The van der Waals surface area contributed by atoms with Crippen LogP contribution in [0.4, 0.5) is 0 Å². The van der Waals surface area contributed by atoms with Crippen LogP contribution in [0.3, 0.4) is 0 Å². The number of aryl methyl sites for hydroxylation is 1. The van der Waals surface area contributed by atoms with Crippen molar-refractivity contribution in [2.45, 2.75) is 31.6 Å². The zero-order valence-corrected chi connectivity index (χ0v) is 11.0. The Bertz CT molecular complexity index is 369. The topological polar surface area (TPSA) is 20.3 Å². The van der Waals surface area contributed by atoms with Gasteiger partial charge in [-0.1, -0.05) is 6.92 Å². The second-order valence-electron chi connectivity index (χ2n) is 4.09. The molecule has 4 heteroatoms. The molecule has 0 bridgehead atoms. The van der Waals surface area contributed by atoms with Crippen molar-refractivity contribution >= 4 is 28.8 Å². The van der Waals surface area contributed by atoms with E-state index < -0.39 is 0 Å². The van der Waals surface area contributed by atoms with Crippen LogP contribution < -0.4 is 0 Å². The summed E-state index contributed by atoms with van der Waals surface area (Å²) in [7, 11) is 0. The summed E-state index contributed by atoms with van der Waals surface area (Å²) in [5.41, 5.74) is 0. The predicted molar refractivity (Wildman–Crippen MR) is 68.5 cm³/mol. The first kappa shape index (κ1) is 11.9. The molecule has 2 rings (SSSR count). The van der Waals surface area contributed by atoms with Crippen molar-refractivity contribution in [3.63, 3.8) is 0 Å². The number of likely N-dealkylation sites (tertiary alicyclic amines) is 1. The molecule has 2 heterocycles. The number of hydrogen-bond acceptors (Lipinski definition) is 2. The fourth-order valence-corrected chi connectivity index (χ4v) is 3.00. The van der Waals surface area contributed by atoms with Gasteiger partial charge in [0.05, 0.1) is 4.88 Å². The van der Waals surface area contributed by atoms with Crippen molar-refractivity contribution in [1.29, 1.82) is 0 Å². The van der Waals surface area contributed by atoms with Crippen molar-refractivity contribution in [3.05, 3.63) is 21.9 Å². The van der Waals surface area contributed by atoms with E-state index in [9.17, 15) is 4.79 Å². The molecule has 0 aliphatic carbocycles. The highest BCUT2D eigenvalue weighted by Crippen LogP contribution is 2.22. The van der Waals surface area contributed by atoms with Gasteiger partial charge in [-0.2, -0.15) is 0 Å². The molecule has 0 aromatic carbocycles. The Labute approximate surface area is 105 Å². The van der Waals surface area contributed by atoms with E-state index >= 15 is 0 Å². The maximum Gasteiger partial charge on any atom is 0.263 e. The number of rotatable bonds is 2. The molecule has 1 fully saturated rings. The SMILES string of the molecule is CCc1ccc(C(=O)N2CCC(Cl)CC2)s1. The zero-order chi connectivity index (χ0) is 11.5. The van der Waals surface area contributed by atoms with Gasteiger partial charge in [-0.05, 0) is 31.4 Å². The van der Waals surface area contributed by atoms with Gasteiger partial charge in [-0.15, -0.1) is 22.9 Å². The normalized spacial score (nSPS) is 17.8. The molecular weight excluding hydrogens is 242 g/mol. The number of carbonyl (C=O) groups excluding carboxylic acids is 1. The lowest BCUT2D eigenvalue weighted by molar-refractivity contribution is 0.0731. The summed E-state index contributed by atoms with van der Waals surface area (Å²) < 4.78 is 0. The molecule has 1 saturated heterocycles. The Hall–Kier alpha value is -0.540. The molecule has 16 heavy (non-hydrogen) atoms. The molecule has 1 aromatic heterocycles. The maximum atomic E-state index is 12.1. The predicted octanol–water partition coefficient (Wildman–Crippen LogP) is 3.15. The monoisotopic (exact) mass is 257 g/mol. The third kappa shape index (κ3) is 2.58. The second-order valence-corrected chi connectivity index (χ2v) is 5.87. The van der Waals surface area contributed by atoms with Gasteiger partial charge in [0, 0.05) is 23.3 Å². The van der Waals surface area contributed by atoms with Crippen LogP contribution in [-0.4, -0.2) is 29.3 Å². The summed E-state index contributed by atoms with van der Waals surface area (Å²) in [5, 5.41) is 0.249. The number of thiophene rings is 1. The van der Waals surface area contributed by atoms with Gasteiger partial charge in [0.25, 0.3) is 5.91 Å². The van der Waals surface area contributed by atoms with Crippen molar-refractivity contribution in [3.8, 4) is 0 Å². The lowest BCUT2D eigenvalue weighted by Crippen LogP contribution is -2.38. The van der Waals surface area contributed by atoms with E-state index in [0.717, 1.165) is 37.2 Å². The average Bonchev–Trinajstić information content (AvgIpc) is 2.77. The molecule has 0 N–H and O–H groups in total. The van der Waals surface area contributed by atoms with Crippen molar-refractivity contribution in [2.75, 3.05) is 13.1 Å². The summed E-state index contributed by atoms with van der Waals surface area (Å²) in [5.74, 6) is 0.174. The van der Waals surface area contributed by atoms with Crippen LogP contribution in [0.25, 0.3) is 0 Å². The molecule has 1 aliphatic heterocycles. The first-order valence-electron chi connectivity index (χ1n) is 5.72. The van der Waals surface area contributed by atoms with E-state index in [4.69, 9.17) is 11.6 Å². The van der Waals surface area contributed by atoms with Gasteiger partial charge >= 0.3 is 0 Å². The number of amides is 1. The summed E-state index contributed by atoms with van der Waals surface area (Å²) in [6.07, 6.45) is 2.83. The molecule has 0 spiro atoms. The average molecular weight is 258 g/mol. The van der Waals surface area contributed by atoms with Gasteiger partial charge in [0.1, 0.15) is 0 Å². The maximum absolute atomic E-state index is 12.1. The zero-order valence-electron chi connectivity index (χ0n) is 9.41. The minimum absolute atomic E-state index is 0.174. The van der Waals surface area contributed by atoms with E-state index in [0.29, 0.717) is 0 Å². The molecule has 2 nitrogen and oxygen atoms in total. The second kappa shape index (κ2) is 5.19. The Balaban J connectivity index is 2.01. The molecule has 0 atom stereocenters. The number of halogens is 1. The van der Waals surface area contributed by atoms with Crippen LogP contribution >= 0.6 is 22.9 Å². The highest BCUT2D eigenvalue weighted by molar-refractivity contribution is 7.14. The van der Waals surface area contributed by atoms with Gasteiger partial charge in [0.15, 0.2) is 0 Å². The minimum atomic E-state index is 0.174. The first-order valence-corrected chi connectivity index (χ1v) is 6.98. The molecule has 1 amide bonds. The van der Waals surface area contributed by atoms with E-state index in [-0.39, 0.29) is 11.3 Å². The van der Waals surface area contributed by atoms with Gasteiger partial charge in [0.2, 0.25) is 0 Å². The minimum Gasteiger partial charge on any atom is -0.338 e. The Morgan fingerprint density at radius 1 is 1.50 bits per heavy atom. The number of nitrogens with zero attached hydrogens (tertiary/aromatic N) is 1. The molecule has 88 valence electrons. The number of carbonyl (C=O) groups is 1. The van der Waals surface area contributed by atoms with Crippen molar-refractivity contribution in [2.24, 2.45) is 0 Å². The Morgan fingerprint density at radius 3 is 2.75 bits per heavy atom. The van der Waals surface area contributed by atoms with E-state index in [1.807, 2.05) is 17.0 Å². The first-order chi connectivity index (χ1) is 7.70. The molecular formula is C12H16ClNOS. The van der Waals surface area contributed by atoms with Gasteiger partial charge < -0.3 is 4.90 Å². The molecule has 0 unspecified atom stereocenters. The highest BCUT2D eigenvalue weighted by atomic mass is 35.5. The van der Waals surface area contributed by atoms with Gasteiger partial charge in [-0.3, -0.25) is 4.79 Å². The summed E-state index contributed by atoms with van der Waals surface area (Å²) >= 11 is 7.64. The standard InChI is InChI=1S/C12H16ClNOS/c1-2-10-3-4-11(16-10)12(15)14-7-5-9(13)6-8-14/h3-4,9H,2,5-8H2,1H3. The lowest BCUT2D eigenvalue weighted by Gasteiger charge is -2.28. The van der Waals surface area contributed by atoms with Crippen molar-refractivity contribution in [1.82, 2.24) is 4.90 Å². The van der Waals surface area contributed by atoms with Crippen LogP contribution in [-0.2, 0) is 6.42 Å². The van der Waals surface area contributed by atoms with Crippen molar-refractivity contribution < 1.29 is 4.79 Å².